The second-order valence-electron chi connectivity index (χ2n) is 6.28. The quantitative estimate of drug-likeness (QED) is 0.421. The molecule has 3 aromatic carbocycles. The lowest BCUT2D eigenvalue weighted by Gasteiger charge is -2.09. The molecule has 6 nitrogen and oxygen atoms in total. The van der Waals surface area contributed by atoms with Gasteiger partial charge in [0.25, 0.3) is 5.89 Å². The molecule has 0 atom stereocenters. The fourth-order valence-corrected chi connectivity index (χ4v) is 2.63. The molecule has 4 aromatic rings. The van der Waals surface area contributed by atoms with Crippen molar-refractivity contribution in [1.82, 2.24) is 10.1 Å². The Kier molecular flexibility index (Phi) is 4.78. The number of aromatic nitrogens is 2. The summed E-state index contributed by atoms with van der Waals surface area (Å²) in [7, 11) is 0. The van der Waals surface area contributed by atoms with Gasteiger partial charge in [0.1, 0.15) is 11.5 Å². The van der Waals surface area contributed by atoms with Gasteiger partial charge in [-0.1, -0.05) is 5.16 Å². The first-order valence-corrected chi connectivity index (χ1v) is 8.61. The van der Waals surface area contributed by atoms with Crippen molar-refractivity contribution in [3.05, 3.63) is 72.3 Å². The monoisotopic (exact) mass is 414 g/mol. The minimum absolute atomic E-state index is 0.158. The van der Waals surface area contributed by atoms with Crippen molar-refractivity contribution in [2.75, 3.05) is 0 Å². The maximum Gasteiger partial charge on any atom is 0.416 e. The van der Waals surface area contributed by atoms with Crippen LogP contribution in [-0.4, -0.2) is 20.4 Å². The van der Waals surface area contributed by atoms with Crippen LogP contribution in [0.15, 0.2) is 71.3 Å². The van der Waals surface area contributed by atoms with Crippen LogP contribution in [-0.2, 0) is 6.18 Å². The predicted molar refractivity (Wildman–Crippen MR) is 100 cm³/mol. The van der Waals surface area contributed by atoms with E-state index in [4.69, 9.17) is 9.26 Å². The van der Waals surface area contributed by atoms with Crippen molar-refractivity contribution in [2.24, 2.45) is 0 Å². The largest absolute Gasteiger partial charge is 0.504 e. The molecule has 152 valence electrons. The molecule has 0 aliphatic heterocycles. The van der Waals surface area contributed by atoms with E-state index in [-0.39, 0.29) is 23.1 Å². The number of alkyl halides is 3. The minimum Gasteiger partial charge on any atom is -0.504 e. The number of nitrogens with zero attached hydrogens (tertiary/aromatic N) is 2. The molecular weight excluding hydrogens is 401 g/mol. The Bertz CT molecular complexity index is 1170. The standard InChI is InChI=1S/C21H13F3N2O4/c22-21(23,24)14-4-8-16(9-5-14)29-15-6-1-12(2-7-15)19-25-20(30-26-19)13-3-10-17(27)18(28)11-13/h1-11,27-28H. The number of phenols is 2. The van der Waals surface area contributed by atoms with Crippen molar-refractivity contribution >= 4 is 0 Å². The average Bonchev–Trinajstić information content (AvgIpc) is 3.21. The second-order valence-corrected chi connectivity index (χ2v) is 6.28. The molecule has 0 spiro atoms. The zero-order valence-corrected chi connectivity index (χ0v) is 15.1. The van der Waals surface area contributed by atoms with Gasteiger partial charge in [0, 0.05) is 11.1 Å². The summed E-state index contributed by atoms with van der Waals surface area (Å²) in [6.45, 7) is 0. The van der Waals surface area contributed by atoms with Crippen molar-refractivity contribution < 1.29 is 32.6 Å². The Balaban J connectivity index is 1.49. The van der Waals surface area contributed by atoms with Crippen LogP contribution in [0, 0.1) is 0 Å². The number of halogens is 3. The van der Waals surface area contributed by atoms with Crippen LogP contribution in [0.5, 0.6) is 23.0 Å². The Morgan fingerprint density at radius 3 is 1.97 bits per heavy atom. The molecule has 0 saturated heterocycles. The van der Waals surface area contributed by atoms with Gasteiger partial charge in [-0.2, -0.15) is 18.2 Å². The van der Waals surface area contributed by atoms with E-state index in [1.54, 1.807) is 24.3 Å². The molecule has 0 radical (unpaired) electrons. The number of hydrogen-bond acceptors (Lipinski definition) is 6. The molecule has 9 heteroatoms. The van der Waals surface area contributed by atoms with E-state index < -0.39 is 11.7 Å². The Morgan fingerprint density at radius 1 is 0.767 bits per heavy atom. The lowest BCUT2D eigenvalue weighted by atomic mass is 10.2. The molecular formula is C21H13F3N2O4. The molecule has 0 unspecified atom stereocenters. The molecule has 1 heterocycles. The number of phenolic OH excluding ortho intramolecular Hbond substituents is 2. The maximum absolute atomic E-state index is 12.6. The molecule has 4 rings (SSSR count). The number of ether oxygens (including phenoxy) is 1. The van der Waals surface area contributed by atoms with Gasteiger partial charge in [-0.25, -0.2) is 0 Å². The topological polar surface area (TPSA) is 88.6 Å². The molecule has 30 heavy (non-hydrogen) atoms. The van der Waals surface area contributed by atoms with Crippen LogP contribution in [0.2, 0.25) is 0 Å². The summed E-state index contributed by atoms with van der Waals surface area (Å²) < 4.78 is 48.6. The van der Waals surface area contributed by atoms with E-state index in [0.29, 0.717) is 22.7 Å². The van der Waals surface area contributed by atoms with Crippen molar-refractivity contribution in [3.63, 3.8) is 0 Å². The van der Waals surface area contributed by atoms with Crippen LogP contribution in [0.4, 0.5) is 13.2 Å². The Hall–Kier alpha value is -4.01. The van der Waals surface area contributed by atoms with Crippen molar-refractivity contribution in [1.29, 1.82) is 0 Å². The van der Waals surface area contributed by atoms with E-state index >= 15 is 0 Å². The fourth-order valence-electron chi connectivity index (χ4n) is 2.63. The molecule has 0 aliphatic carbocycles. The second kappa shape index (κ2) is 7.43. The van der Waals surface area contributed by atoms with Gasteiger partial charge >= 0.3 is 6.18 Å². The summed E-state index contributed by atoms with van der Waals surface area (Å²) in [5, 5.41) is 22.8. The third-order valence-corrected chi connectivity index (χ3v) is 4.18. The maximum atomic E-state index is 12.6. The van der Waals surface area contributed by atoms with E-state index in [2.05, 4.69) is 10.1 Å². The lowest BCUT2D eigenvalue weighted by molar-refractivity contribution is -0.137. The fraction of sp³-hybridized carbons (Fsp3) is 0.0476. The van der Waals surface area contributed by atoms with E-state index in [1.165, 1.54) is 30.3 Å². The molecule has 0 aliphatic rings. The normalized spacial score (nSPS) is 11.4. The predicted octanol–water partition coefficient (Wildman–Crippen LogP) is 5.63. The molecule has 2 N–H and O–H groups in total. The highest BCUT2D eigenvalue weighted by atomic mass is 19.4. The number of rotatable bonds is 4. The number of hydrogen-bond donors (Lipinski definition) is 2. The third kappa shape index (κ3) is 4.04. The van der Waals surface area contributed by atoms with Crippen LogP contribution in [0.1, 0.15) is 5.56 Å². The molecule has 0 amide bonds. The van der Waals surface area contributed by atoms with Gasteiger partial charge in [0.15, 0.2) is 11.5 Å². The van der Waals surface area contributed by atoms with Gasteiger partial charge in [-0.15, -0.1) is 0 Å². The van der Waals surface area contributed by atoms with Crippen molar-refractivity contribution in [2.45, 2.75) is 6.18 Å². The molecule has 0 fully saturated rings. The van der Waals surface area contributed by atoms with E-state index in [0.717, 1.165) is 12.1 Å². The van der Waals surface area contributed by atoms with E-state index in [9.17, 15) is 23.4 Å². The summed E-state index contributed by atoms with van der Waals surface area (Å²) in [6.07, 6.45) is -4.40. The first kappa shape index (κ1) is 19.3. The SMILES string of the molecule is Oc1ccc(-c2nc(-c3ccc(Oc4ccc(C(F)(F)F)cc4)cc3)no2)cc1O. The van der Waals surface area contributed by atoms with Crippen LogP contribution in [0.3, 0.4) is 0 Å². The third-order valence-electron chi connectivity index (χ3n) is 4.18. The smallest absolute Gasteiger partial charge is 0.416 e. The molecule has 0 bridgehead atoms. The summed E-state index contributed by atoms with van der Waals surface area (Å²) in [5.41, 5.74) is 0.305. The van der Waals surface area contributed by atoms with Gasteiger partial charge in [-0.3, -0.25) is 0 Å². The van der Waals surface area contributed by atoms with Gasteiger partial charge in [0.05, 0.1) is 5.56 Å². The Labute approximate surface area is 167 Å². The van der Waals surface area contributed by atoms with Gasteiger partial charge in [-0.05, 0) is 66.7 Å². The van der Waals surface area contributed by atoms with Crippen molar-refractivity contribution in [3.8, 4) is 45.8 Å². The highest BCUT2D eigenvalue weighted by Crippen LogP contribution is 2.33. The van der Waals surface area contributed by atoms with Gasteiger partial charge < -0.3 is 19.5 Å². The molecule has 0 saturated carbocycles. The first-order valence-electron chi connectivity index (χ1n) is 8.61. The average molecular weight is 414 g/mol. The number of benzene rings is 3. The zero-order chi connectivity index (χ0) is 21.3. The Morgan fingerprint density at radius 2 is 1.37 bits per heavy atom. The minimum atomic E-state index is -4.40. The van der Waals surface area contributed by atoms with Crippen LogP contribution < -0.4 is 4.74 Å². The summed E-state index contributed by atoms with van der Waals surface area (Å²) >= 11 is 0. The summed E-state index contributed by atoms with van der Waals surface area (Å²) in [6, 6.07) is 15.1. The number of aromatic hydroxyl groups is 2. The van der Waals surface area contributed by atoms with Crippen LogP contribution in [0.25, 0.3) is 22.8 Å². The zero-order valence-electron chi connectivity index (χ0n) is 15.1. The highest BCUT2D eigenvalue weighted by molar-refractivity contribution is 5.63. The summed E-state index contributed by atoms with van der Waals surface area (Å²) in [4.78, 5) is 4.25. The summed E-state index contributed by atoms with van der Waals surface area (Å²) in [5.74, 6) is 0.568. The molecule has 1 aromatic heterocycles. The van der Waals surface area contributed by atoms with Crippen LogP contribution >= 0.6 is 0 Å². The van der Waals surface area contributed by atoms with E-state index in [1.807, 2.05) is 0 Å². The van der Waals surface area contributed by atoms with Gasteiger partial charge in [0.2, 0.25) is 5.82 Å². The first-order chi connectivity index (χ1) is 14.3. The lowest BCUT2D eigenvalue weighted by Crippen LogP contribution is -2.03. The highest BCUT2D eigenvalue weighted by Gasteiger charge is 2.30.